The van der Waals surface area contributed by atoms with Crippen LogP contribution in [0.1, 0.15) is 55.7 Å². The number of rotatable bonds is 16. The van der Waals surface area contributed by atoms with Crippen molar-refractivity contribution in [2.75, 3.05) is 177 Å². The van der Waals surface area contributed by atoms with Gasteiger partial charge in [-0.25, -0.2) is 49.1 Å². The van der Waals surface area contributed by atoms with Crippen molar-refractivity contribution in [3.8, 4) is 57.2 Å². The Bertz CT molecular complexity index is 5990. The van der Waals surface area contributed by atoms with E-state index in [0.717, 1.165) is 117 Å². The highest BCUT2D eigenvalue weighted by molar-refractivity contribution is 6.08. The summed E-state index contributed by atoms with van der Waals surface area (Å²) in [7, 11) is 0. The number of amides is 8. The molecule has 17 heterocycles. The van der Waals surface area contributed by atoms with Crippen molar-refractivity contribution in [1.29, 1.82) is 0 Å². The number of carbonyl (C=O) groups excluding carboxylic acids is 4. The highest BCUT2D eigenvalue weighted by Crippen LogP contribution is 2.47. The van der Waals surface area contributed by atoms with Gasteiger partial charge in [0.05, 0.1) is 133 Å². The van der Waals surface area contributed by atoms with Crippen molar-refractivity contribution in [2.45, 2.75) is 101 Å². The molecule has 0 radical (unpaired) electrons. The van der Waals surface area contributed by atoms with Crippen molar-refractivity contribution < 1.29 is 89.6 Å². The van der Waals surface area contributed by atoms with Gasteiger partial charge < -0.3 is 73.9 Å². The molecular weight excluding hydrogens is 1760 g/mol. The maximum Gasteiger partial charge on any atom is 0.416 e. The summed E-state index contributed by atoms with van der Waals surface area (Å²) in [5.74, 6) is 5.09. The maximum absolute atomic E-state index is 13.5. The second-order valence-electron chi connectivity index (χ2n) is 33.6. The molecule has 8 N–H and O–H groups in total. The lowest BCUT2D eigenvalue weighted by molar-refractivity contribution is -0.138. The van der Waals surface area contributed by atoms with Crippen molar-refractivity contribution in [2.24, 2.45) is 0 Å². The number of nitrogens with one attached hydrogen (secondary N) is 4. The van der Waals surface area contributed by atoms with E-state index in [2.05, 4.69) is 130 Å². The Labute approximate surface area is 769 Å². The van der Waals surface area contributed by atoms with Gasteiger partial charge in [-0.05, 0) is 137 Å². The minimum atomic E-state index is -4.49. The molecule has 7 aromatic heterocycles. The molecule has 10 aliphatic heterocycles. The fraction of sp³-hybridized carbons (Fsp3) is 0.355. The molecule has 4 aromatic carbocycles. The smallest absolute Gasteiger partial charge is 0.416 e. The van der Waals surface area contributed by atoms with Crippen LogP contribution in [0.4, 0.5) is 121 Å². The Morgan fingerprint density at radius 3 is 1.44 bits per heavy atom. The minimum absolute atomic E-state index is 0.0429. The number of hydrogen-bond donors (Lipinski definition) is 8. The second kappa shape index (κ2) is 39.3. The van der Waals surface area contributed by atoms with Crippen LogP contribution in [0.3, 0.4) is 0 Å². The molecule has 11 aromatic rings. The Hall–Kier alpha value is -14.6. The summed E-state index contributed by atoms with van der Waals surface area (Å²) in [5.41, 5.74) is 6.84. The number of fused-ring (bicyclic) bond motifs is 17. The Kier molecular flexibility index (Phi) is 26.4. The molecule has 10 aliphatic rings. The summed E-state index contributed by atoms with van der Waals surface area (Å²) < 4.78 is 107. The molecule has 7 atom stereocenters. The first-order chi connectivity index (χ1) is 65.3. The highest BCUT2D eigenvalue weighted by Gasteiger charge is 2.46. The normalized spacial score (nSPS) is 18.9. The number of carbonyl (C=O) groups is 4. The van der Waals surface area contributed by atoms with Gasteiger partial charge in [0.1, 0.15) is 37.1 Å². The largest absolute Gasteiger partial charge is 0.490 e. The number of aryl methyl sites for hydroxylation is 1. The predicted molar refractivity (Wildman–Crippen MR) is 489 cm³/mol. The van der Waals surface area contributed by atoms with E-state index in [4.69, 9.17) is 43.9 Å². The average Bonchev–Trinajstić information content (AvgIpc) is 1.72. The zero-order valence-electron chi connectivity index (χ0n) is 73.1. The van der Waals surface area contributed by atoms with E-state index in [9.17, 15) is 55.7 Å². The standard InChI is InChI=1S/C26H26N4O3.2C24H23F3N6O4.C19H23N7O2/c1-17-4-2-5-18(14-17)21-7-8-22-25(28-21)30(20-10-11-29(22)16-20)26(31)27-19-6-9-23-24(15-19)33-13-3-12-32-23;25-24(26,27)15-3-1-2-14(10-15)18-4-5-19-21(29-18)33(16-7-9-32(19)11-16)23(36)31-20-6-8-28-22(30-20)37-13-17(35)12-34;25-24(26,27)15-3-1-2-14(8-15)18-4-5-19-22(29-18)33(16-6-7-32(19)11-16)23(36)31-20-9-28-10-21(30-20)37-13-17(35)12-34;1-13-11-25(8-9-28-13)17-3-2-15-18(23-17)26(14-4-7-24(15)12-14)19(27)22-16-10-20-5-6-21-16/h2,4-9,14-15,20H,3,10-13,16H2,1H3,(H,27,31);1-6,8,10,16-17,34-35H,7,9,11-13H2,(H,28,30,31,36);1-5,8-10,16-17,34-35H,6-7,11-13H2,(H,30,31,36);2-3,5-6,10,13-14H,4,7-9,11-12H2,1H3,(H,21,22,27)/t20-;2*16-,17+;13-,14-/m0000/s1. The number of alkyl halides is 6. The summed E-state index contributed by atoms with van der Waals surface area (Å²) >= 11 is 0. The monoisotopic (exact) mass is 1860 g/mol. The molecule has 135 heavy (non-hydrogen) atoms. The molecule has 8 bridgehead atoms. The van der Waals surface area contributed by atoms with Crippen LogP contribution < -0.4 is 84.3 Å². The molecule has 0 spiro atoms. The Morgan fingerprint density at radius 2 is 0.933 bits per heavy atom. The predicted octanol–water partition coefficient (Wildman–Crippen LogP) is 12.4. The summed E-state index contributed by atoms with van der Waals surface area (Å²) in [4.78, 5) is 115. The number of pyridine rings is 4. The quantitative estimate of drug-likeness (QED) is 0.0417. The zero-order valence-corrected chi connectivity index (χ0v) is 73.1. The number of anilines is 13. The average molecular weight is 1860 g/mol. The van der Waals surface area contributed by atoms with Crippen LogP contribution in [0, 0.1) is 6.92 Å². The molecule has 0 unspecified atom stereocenters. The number of hydrogen-bond acceptors (Lipinski definition) is 28. The van der Waals surface area contributed by atoms with Crippen molar-refractivity contribution >= 4 is 99.1 Å². The van der Waals surface area contributed by atoms with Gasteiger partial charge in [-0.15, -0.1) is 0 Å². The van der Waals surface area contributed by atoms with Crippen molar-refractivity contribution in [3.63, 3.8) is 0 Å². The van der Waals surface area contributed by atoms with E-state index in [1.54, 1.807) is 59.9 Å². The lowest BCUT2D eigenvalue weighted by atomic mass is 10.1. The topological polar surface area (TPSA) is 402 Å². The first-order valence-electron chi connectivity index (χ1n) is 44.2. The lowest BCUT2D eigenvalue weighted by Gasteiger charge is -2.37. The van der Waals surface area contributed by atoms with Gasteiger partial charge in [-0.3, -0.25) is 45.5 Å². The molecule has 702 valence electrons. The van der Waals surface area contributed by atoms with E-state index >= 15 is 0 Å². The number of ether oxygens (including phenoxy) is 5. The molecule has 21 rings (SSSR count). The summed E-state index contributed by atoms with van der Waals surface area (Å²) in [5, 5.41) is 48.0. The molecular formula is C93H95F6N23O13. The van der Waals surface area contributed by atoms with Gasteiger partial charge in [0.2, 0.25) is 5.88 Å². The summed E-state index contributed by atoms with van der Waals surface area (Å²) in [6.07, 6.45) is 1.75. The van der Waals surface area contributed by atoms with Gasteiger partial charge in [0, 0.05) is 119 Å². The van der Waals surface area contributed by atoms with Crippen molar-refractivity contribution in [3.05, 3.63) is 199 Å². The fourth-order valence-electron chi connectivity index (χ4n) is 17.8. The van der Waals surface area contributed by atoms with Crippen LogP contribution in [0.5, 0.6) is 23.4 Å². The molecule has 8 amide bonds. The summed E-state index contributed by atoms with van der Waals surface area (Å²) in [6, 6.07) is 38.5. The van der Waals surface area contributed by atoms with Crippen LogP contribution in [-0.4, -0.2) is 249 Å². The third-order valence-corrected chi connectivity index (χ3v) is 24.3. The highest BCUT2D eigenvalue weighted by atomic mass is 19.4. The van der Waals surface area contributed by atoms with Gasteiger partial charge >= 0.3 is 42.5 Å². The first-order valence-corrected chi connectivity index (χ1v) is 44.2. The van der Waals surface area contributed by atoms with E-state index < -0.39 is 61.0 Å². The van der Waals surface area contributed by atoms with Crippen LogP contribution in [-0.2, 0) is 17.1 Å². The number of halogens is 6. The number of morpholine rings is 1. The number of benzene rings is 4. The molecule has 5 fully saturated rings. The van der Waals surface area contributed by atoms with E-state index in [1.807, 2.05) is 41.3 Å². The van der Waals surface area contributed by atoms with Gasteiger partial charge in [-0.2, -0.15) is 36.3 Å². The number of aromatic nitrogens is 10. The van der Waals surface area contributed by atoms with E-state index in [-0.39, 0.29) is 90.2 Å². The van der Waals surface area contributed by atoms with Gasteiger partial charge in [-0.1, -0.05) is 48.0 Å². The first kappa shape index (κ1) is 90.9. The molecule has 36 nitrogen and oxygen atoms in total. The summed E-state index contributed by atoms with van der Waals surface area (Å²) in [6.45, 7) is 12.4. The van der Waals surface area contributed by atoms with Crippen LogP contribution in [0.15, 0.2) is 183 Å². The molecule has 5 saturated heterocycles. The molecule has 42 heteroatoms. The lowest BCUT2D eigenvalue weighted by Crippen LogP contribution is -2.49. The molecule has 0 saturated carbocycles. The van der Waals surface area contributed by atoms with Crippen molar-refractivity contribution in [1.82, 2.24) is 49.8 Å². The minimum Gasteiger partial charge on any atom is -0.490 e. The number of nitrogens with zero attached hydrogens (tertiary/aromatic N) is 19. The van der Waals surface area contributed by atoms with Crippen LogP contribution in [0.25, 0.3) is 33.8 Å². The van der Waals surface area contributed by atoms with E-state index in [0.29, 0.717) is 122 Å². The number of urea groups is 4. The third kappa shape index (κ3) is 20.3. The maximum atomic E-state index is 13.5. The fourth-order valence-corrected chi connectivity index (χ4v) is 17.8. The third-order valence-electron chi connectivity index (χ3n) is 24.3. The number of aliphatic hydroxyl groups is 4. The van der Waals surface area contributed by atoms with Gasteiger partial charge in [0.15, 0.2) is 46.4 Å². The molecule has 0 aliphatic carbocycles. The number of aliphatic hydroxyl groups excluding tert-OH is 4. The SMILES string of the molecule is C[C@H]1CN(c2ccc3c(n2)N(C(=O)Nc2cnccn2)[C@H]2CCN3C2)CCO1.Cc1cccc(-c2ccc3c(n2)N(C(=O)Nc2ccc4c(c2)OCCCO4)[C@H]2CCN3C2)c1.O=C(Nc1ccnc(OC[C@H](O)CO)n1)N1c2nc(-c3cccc(C(F)(F)F)c3)ccc2N2CC[C@H]1C2.O=C(Nc1cncc(OC[C@H](O)CO)n1)N1c2nc(-c3cccc(C(F)(F)F)c3)ccc2N2CC[C@H]1C2. The Balaban J connectivity index is 0.000000121. The zero-order chi connectivity index (χ0) is 93.8. The Morgan fingerprint density at radius 1 is 0.452 bits per heavy atom. The van der Waals surface area contributed by atoms with Gasteiger partial charge in [0.25, 0.3) is 0 Å². The van der Waals surface area contributed by atoms with Crippen LogP contribution >= 0.6 is 0 Å². The second-order valence-corrected chi connectivity index (χ2v) is 33.6. The van der Waals surface area contributed by atoms with Crippen LogP contribution in [0.2, 0.25) is 0 Å². The van der Waals surface area contributed by atoms with E-state index in [1.165, 1.54) is 52.2 Å².